The molecule has 0 radical (unpaired) electrons. The van der Waals surface area contributed by atoms with Crippen LogP contribution in [0.1, 0.15) is 29.3 Å². The molecule has 0 fully saturated rings. The lowest BCUT2D eigenvalue weighted by Gasteiger charge is -2.17. The first kappa shape index (κ1) is 13.7. The van der Waals surface area contributed by atoms with Gasteiger partial charge in [-0.2, -0.15) is 0 Å². The molecule has 0 aromatic heterocycles. The Kier molecular flexibility index (Phi) is 5.70. The van der Waals surface area contributed by atoms with Gasteiger partial charge in [0.25, 0.3) is 5.91 Å². The monoisotopic (exact) mass is 235 g/mol. The zero-order valence-electron chi connectivity index (χ0n) is 10.9. The fraction of sp³-hybridized carbons (Fsp3) is 0.500. The molecule has 3 nitrogen and oxygen atoms in total. The van der Waals surface area contributed by atoms with Crippen molar-refractivity contribution < 1.29 is 9.53 Å². The maximum atomic E-state index is 12.1. The van der Waals surface area contributed by atoms with Gasteiger partial charge in [0.15, 0.2) is 0 Å². The number of hydrogen-bond donors (Lipinski definition) is 0. The van der Waals surface area contributed by atoms with E-state index in [1.54, 1.807) is 19.1 Å². The van der Waals surface area contributed by atoms with Gasteiger partial charge in [-0.3, -0.25) is 4.79 Å². The van der Waals surface area contributed by atoms with Crippen molar-refractivity contribution in [3.05, 3.63) is 35.4 Å². The van der Waals surface area contributed by atoms with Crippen LogP contribution in [0, 0.1) is 0 Å². The molecule has 0 spiro atoms. The maximum Gasteiger partial charge on any atom is 0.253 e. The number of nitrogens with zero attached hydrogens (tertiary/aromatic N) is 1. The van der Waals surface area contributed by atoms with E-state index in [0.29, 0.717) is 13.2 Å². The molecule has 0 unspecified atom stereocenters. The number of methoxy groups -OCH3 is 1. The predicted molar refractivity (Wildman–Crippen MR) is 69.3 cm³/mol. The van der Waals surface area contributed by atoms with Crippen molar-refractivity contribution in [2.45, 2.75) is 19.8 Å². The summed E-state index contributed by atoms with van der Waals surface area (Å²) in [6.07, 6.45) is 2.11. The molecule has 0 aliphatic heterocycles. The number of carbonyl (C=O) groups is 1. The summed E-state index contributed by atoms with van der Waals surface area (Å²) in [7, 11) is 3.44. The minimum absolute atomic E-state index is 0.0556. The average Bonchev–Trinajstić information content (AvgIpc) is 2.35. The second kappa shape index (κ2) is 7.07. The zero-order chi connectivity index (χ0) is 12.7. The van der Waals surface area contributed by atoms with Gasteiger partial charge in [-0.05, 0) is 24.1 Å². The van der Waals surface area contributed by atoms with Crippen LogP contribution in [-0.4, -0.2) is 38.1 Å². The topological polar surface area (TPSA) is 29.5 Å². The summed E-state index contributed by atoms with van der Waals surface area (Å²) in [6, 6.07) is 7.86. The molecule has 1 aromatic carbocycles. The van der Waals surface area contributed by atoms with Crippen molar-refractivity contribution in [1.29, 1.82) is 0 Å². The molecule has 1 rings (SSSR count). The van der Waals surface area contributed by atoms with Gasteiger partial charge >= 0.3 is 0 Å². The van der Waals surface area contributed by atoms with E-state index < -0.39 is 0 Å². The Morgan fingerprint density at radius 2 is 2.18 bits per heavy atom. The average molecular weight is 235 g/mol. The largest absolute Gasteiger partial charge is 0.383 e. The van der Waals surface area contributed by atoms with E-state index in [0.717, 1.165) is 18.4 Å². The molecule has 1 amide bonds. The van der Waals surface area contributed by atoms with Gasteiger partial charge in [-0.15, -0.1) is 0 Å². The van der Waals surface area contributed by atoms with Crippen LogP contribution in [0.2, 0.25) is 0 Å². The van der Waals surface area contributed by atoms with E-state index in [-0.39, 0.29) is 5.91 Å². The van der Waals surface area contributed by atoms with E-state index in [4.69, 9.17) is 4.74 Å². The predicted octanol–water partition coefficient (Wildman–Crippen LogP) is 2.36. The lowest BCUT2D eigenvalue weighted by molar-refractivity contribution is 0.0744. The van der Waals surface area contributed by atoms with Gasteiger partial charge in [0.2, 0.25) is 0 Å². The number of amides is 1. The number of benzene rings is 1. The van der Waals surface area contributed by atoms with Gasteiger partial charge in [0.1, 0.15) is 0 Å². The third-order valence-electron chi connectivity index (χ3n) is 2.69. The van der Waals surface area contributed by atoms with Crippen molar-refractivity contribution in [2.75, 3.05) is 27.3 Å². The maximum absolute atomic E-state index is 12.1. The first-order valence-electron chi connectivity index (χ1n) is 6.02. The van der Waals surface area contributed by atoms with Crippen LogP contribution in [-0.2, 0) is 11.2 Å². The Hall–Kier alpha value is -1.35. The third-order valence-corrected chi connectivity index (χ3v) is 2.69. The summed E-state index contributed by atoms with van der Waals surface area (Å²) in [5, 5.41) is 0. The quantitative estimate of drug-likeness (QED) is 0.757. The number of ether oxygens (including phenoxy) is 1. The molecule has 0 bridgehead atoms. The molecule has 1 aromatic rings. The lowest BCUT2D eigenvalue weighted by Crippen LogP contribution is -2.29. The first-order chi connectivity index (χ1) is 8.19. The summed E-state index contributed by atoms with van der Waals surface area (Å²) < 4.78 is 4.97. The summed E-state index contributed by atoms with van der Waals surface area (Å²) in [5.41, 5.74) is 1.98. The molecule has 17 heavy (non-hydrogen) atoms. The molecule has 0 heterocycles. The normalized spacial score (nSPS) is 10.3. The van der Waals surface area contributed by atoms with Crippen LogP contribution in [0.3, 0.4) is 0 Å². The summed E-state index contributed by atoms with van der Waals surface area (Å²) >= 11 is 0. The van der Waals surface area contributed by atoms with E-state index in [2.05, 4.69) is 13.0 Å². The first-order valence-corrected chi connectivity index (χ1v) is 6.02. The van der Waals surface area contributed by atoms with Crippen LogP contribution >= 0.6 is 0 Å². The molecule has 0 saturated heterocycles. The van der Waals surface area contributed by atoms with Gasteiger partial charge in [0, 0.05) is 26.3 Å². The zero-order valence-corrected chi connectivity index (χ0v) is 10.9. The molecule has 0 atom stereocenters. The van der Waals surface area contributed by atoms with Crippen molar-refractivity contribution in [3.63, 3.8) is 0 Å². The standard InChI is InChI=1S/C14H21NO2/c1-4-6-12-7-5-8-13(11-12)14(16)15(2)9-10-17-3/h5,7-8,11H,4,6,9-10H2,1-3H3. The van der Waals surface area contributed by atoms with E-state index in [1.165, 1.54) is 5.56 Å². The number of carbonyl (C=O) groups excluding carboxylic acids is 1. The highest BCUT2D eigenvalue weighted by atomic mass is 16.5. The van der Waals surface area contributed by atoms with Gasteiger partial charge in [-0.1, -0.05) is 25.5 Å². The minimum Gasteiger partial charge on any atom is -0.383 e. The Balaban J connectivity index is 2.70. The van der Waals surface area contributed by atoms with Crippen molar-refractivity contribution in [3.8, 4) is 0 Å². The highest BCUT2D eigenvalue weighted by Crippen LogP contribution is 2.09. The molecule has 0 aliphatic rings. The number of rotatable bonds is 6. The molecule has 3 heteroatoms. The number of likely N-dealkylation sites (N-methyl/N-ethyl adjacent to an activating group) is 1. The third kappa shape index (κ3) is 4.19. The van der Waals surface area contributed by atoms with Crippen LogP contribution < -0.4 is 0 Å². The Morgan fingerprint density at radius 3 is 2.82 bits per heavy atom. The Morgan fingerprint density at radius 1 is 1.41 bits per heavy atom. The van der Waals surface area contributed by atoms with Gasteiger partial charge in [-0.25, -0.2) is 0 Å². The number of hydrogen-bond acceptors (Lipinski definition) is 2. The van der Waals surface area contributed by atoms with Crippen LogP contribution in [0.5, 0.6) is 0 Å². The van der Waals surface area contributed by atoms with Crippen LogP contribution in [0.15, 0.2) is 24.3 Å². The summed E-state index contributed by atoms with van der Waals surface area (Å²) in [4.78, 5) is 13.8. The molecule has 0 saturated carbocycles. The highest BCUT2D eigenvalue weighted by Gasteiger charge is 2.11. The molecule has 94 valence electrons. The Bertz CT molecular complexity index is 363. The molecule has 0 aliphatic carbocycles. The van der Waals surface area contributed by atoms with Crippen LogP contribution in [0.25, 0.3) is 0 Å². The van der Waals surface area contributed by atoms with Crippen molar-refractivity contribution in [2.24, 2.45) is 0 Å². The smallest absolute Gasteiger partial charge is 0.253 e. The van der Waals surface area contributed by atoms with Crippen molar-refractivity contribution in [1.82, 2.24) is 4.90 Å². The van der Waals surface area contributed by atoms with Crippen molar-refractivity contribution >= 4 is 5.91 Å². The fourth-order valence-corrected chi connectivity index (χ4v) is 1.70. The van der Waals surface area contributed by atoms with E-state index >= 15 is 0 Å². The van der Waals surface area contributed by atoms with E-state index in [9.17, 15) is 4.79 Å². The molecular formula is C14H21NO2. The molecule has 0 N–H and O–H groups in total. The van der Waals surface area contributed by atoms with Gasteiger partial charge in [0.05, 0.1) is 6.61 Å². The molecular weight excluding hydrogens is 214 g/mol. The second-order valence-electron chi connectivity index (χ2n) is 4.17. The highest BCUT2D eigenvalue weighted by molar-refractivity contribution is 5.94. The SMILES string of the molecule is CCCc1cccc(C(=O)N(C)CCOC)c1. The van der Waals surface area contributed by atoms with Gasteiger partial charge < -0.3 is 9.64 Å². The summed E-state index contributed by atoms with van der Waals surface area (Å²) in [5.74, 6) is 0.0556. The summed E-state index contributed by atoms with van der Waals surface area (Å²) in [6.45, 7) is 3.32. The van der Waals surface area contributed by atoms with E-state index in [1.807, 2.05) is 18.2 Å². The minimum atomic E-state index is 0.0556. The number of aryl methyl sites for hydroxylation is 1. The second-order valence-corrected chi connectivity index (χ2v) is 4.17. The lowest BCUT2D eigenvalue weighted by atomic mass is 10.1. The Labute approximate surface area is 103 Å². The van der Waals surface area contributed by atoms with Crippen LogP contribution in [0.4, 0.5) is 0 Å². The fourth-order valence-electron chi connectivity index (χ4n) is 1.70.